The Bertz CT molecular complexity index is 640. The van der Waals surface area contributed by atoms with Gasteiger partial charge in [-0.25, -0.2) is 8.42 Å². The van der Waals surface area contributed by atoms with Crippen LogP contribution in [0.3, 0.4) is 0 Å². The third kappa shape index (κ3) is 4.20. The number of nitrogens with zero attached hydrogens (tertiary/aromatic N) is 1. The second-order valence-corrected chi connectivity index (χ2v) is 7.65. The van der Waals surface area contributed by atoms with Crippen molar-refractivity contribution in [2.75, 3.05) is 24.1 Å². The van der Waals surface area contributed by atoms with Gasteiger partial charge in [0.05, 0.1) is 11.9 Å². The molecule has 1 fully saturated rings. The number of amides is 1. The predicted octanol–water partition coefficient (Wildman–Crippen LogP) is 2.24. The van der Waals surface area contributed by atoms with Gasteiger partial charge in [-0.1, -0.05) is 6.92 Å². The molecule has 0 saturated carbocycles. The monoisotopic (exact) mass is 310 g/mol. The van der Waals surface area contributed by atoms with Crippen molar-refractivity contribution in [3.63, 3.8) is 0 Å². The lowest BCUT2D eigenvalue weighted by atomic mass is 9.99. The highest BCUT2D eigenvalue weighted by molar-refractivity contribution is 7.92. The van der Waals surface area contributed by atoms with Gasteiger partial charge in [-0.2, -0.15) is 0 Å². The van der Waals surface area contributed by atoms with E-state index in [9.17, 15) is 13.2 Å². The number of piperidine rings is 1. The number of sulfonamides is 1. The SMILES string of the molecule is Cc1cc(C(=O)N2CCCC(C)C2)ccc1NS(C)(=O)=O. The maximum Gasteiger partial charge on any atom is 0.253 e. The van der Waals surface area contributed by atoms with E-state index in [1.165, 1.54) is 6.42 Å². The molecule has 0 aromatic heterocycles. The summed E-state index contributed by atoms with van der Waals surface area (Å²) in [5, 5.41) is 0. The van der Waals surface area contributed by atoms with Crippen molar-refractivity contribution in [3.8, 4) is 0 Å². The lowest BCUT2D eigenvalue weighted by Crippen LogP contribution is -2.39. The number of rotatable bonds is 3. The Morgan fingerprint density at radius 2 is 2.10 bits per heavy atom. The molecule has 0 radical (unpaired) electrons. The average Bonchev–Trinajstić information content (AvgIpc) is 2.39. The topological polar surface area (TPSA) is 66.5 Å². The Kier molecular flexibility index (Phi) is 4.56. The van der Waals surface area contributed by atoms with Crippen LogP contribution in [0.4, 0.5) is 5.69 Å². The molecule has 1 N–H and O–H groups in total. The fraction of sp³-hybridized carbons (Fsp3) is 0.533. The zero-order chi connectivity index (χ0) is 15.6. The fourth-order valence-corrected chi connectivity index (χ4v) is 3.30. The Hall–Kier alpha value is -1.56. The minimum atomic E-state index is -3.31. The summed E-state index contributed by atoms with van der Waals surface area (Å²) in [5.74, 6) is 0.561. The molecular formula is C15H22N2O3S. The standard InChI is InChI=1S/C15H22N2O3S/c1-11-5-4-8-17(10-11)15(18)13-6-7-14(12(2)9-13)16-21(3,19)20/h6-7,9,11,16H,4-5,8,10H2,1-3H3. The molecule has 0 bridgehead atoms. The number of hydrogen-bond acceptors (Lipinski definition) is 3. The van der Waals surface area contributed by atoms with Crippen LogP contribution < -0.4 is 4.72 Å². The lowest BCUT2D eigenvalue weighted by Gasteiger charge is -2.31. The van der Waals surface area contributed by atoms with Crippen molar-refractivity contribution in [2.24, 2.45) is 5.92 Å². The molecule has 0 aliphatic carbocycles. The van der Waals surface area contributed by atoms with Gasteiger partial charge in [0.15, 0.2) is 0 Å². The Balaban J connectivity index is 2.17. The molecule has 1 aromatic carbocycles. The molecule has 1 aromatic rings. The van der Waals surface area contributed by atoms with E-state index < -0.39 is 10.0 Å². The minimum absolute atomic E-state index is 0.0237. The third-order valence-electron chi connectivity index (χ3n) is 3.71. The van der Waals surface area contributed by atoms with Crippen LogP contribution in [-0.2, 0) is 10.0 Å². The highest BCUT2D eigenvalue weighted by atomic mass is 32.2. The van der Waals surface area contributed by atoms with Crippen LogP contribution in [0.2, 0.25) is 0 Å². The summed E-state index contributed by atoms with van der Waals surface area (Å²) in [5.41, 5.74) is 1.87. The molecule has 1 aliphatic heterocycles. The van der Waals surface area contributed by atoms with E-state index >= 15 is 0 Å². The maximum atomic E-state index is 12.5. The minimum Gasteiger partial charge on any atom is -0.338 e. The first kappa shape index (κ1) is 15.8. The van der Waals surface area contributed by atoms with Crippen LogP contribution in [0.25, 0.3) is 0 Å². The van der Waals surface area contributed by atoms with Crippen molar-refractivity contribution >= 4 is 21.6 Å². The van der Waals surface area contributed by atoms with Gasteiger partial charge in [-0.15, -0.1) is 0 Å². The molecule has 1 atom stereocenters. The largest absolute Gasteiger partial charge is 0.338 e. The number of carbonyl (C=O) groups is 1. The van der Waals surface area contributed by atoms with Crippen LogP contribution in [-0.4, -0.2) is 38.6 Å². The smallest absolute Gasteiger partial charge is 0.253 e. The number of carbonyl (C=O) groups excluding carboxylic acids is 1. The van der Waals surface area contributed by atoms with Crippen molar-refractivity contribution < 1.29 is 13.2 Å². The summed E-state index contributed by atoms with van der Waals surface area (Å²) >= 11 is 0. The average molecular weight is 310 g/mol. The summed E-state index contributed by atoms with van der Waals surface area (Å²) < 4.78 is 25.0. The quantitative estimate of drug-likeness (QED) is 0.931. The highest BCUT2D eigenvalue weighted by Crippen LogP contribution is 2.21. The number of benzene rings is 1. The van der Waals surface area contributed by atoms with E-state index in [1.807, 2.05) is 4.90 Å². The van der Waals surface area contributed by atoms with Gasteiger partial charge in [0.1, 0.15) is 0 Å². The molecule has 1 heterocycles. The molecule has 1 aliphatic rings. The van der Waals surface area contributed by atoms with E-state index in [-0.39, 0.29) is 5.91 Å². The van der Waals surface area contributed by atoms with E-state index in [0.29, 0.717) is 17.2 Å². The summed E-state index contributed by atoms with van der Waals surface area (Å²) in [4.78, 5) is 14.4. The van der Waals surface area contributed by atoms with Crippen LogP contribution in [0.15, 0.2) is 18.2 Å². The first-order valence-electron chi connectivity index (χ1n) is 7.14. The molecular weight excluding hydrogens is 288 g/mol. The first-order chi connectivity index (χ1) is 9.76. The molecule has 5 nitrogen and oxygen atoms in total. The molecule has 116 valence electrons. The molecule has 1 unspecified atom stereocenters. The van der Waals surface area contributed by atoms with Crippen molar-refractivity contribution in [1.82, 2.24) is 4.90 Å². The molecule has 6 heteroatoms. The summed E-state index contributed by atoms with van der Waals surface area (Å²) in [7, 11) is -3.31. The third-order valence-corrected chi connectivity index (χ3v) is 4.30. The van der Waals surface area contributed by atoms with Gasteiger partial charge in [0.2, 0.25) is 10.0 Å². The molecule has 1 saturated heterocycles. The predicted molar refractivity (Wildman–Crippen MR) is 83.9 cm³/mol. The van der Waals surface area contributed by atoms with Gasteiger partial charge in [-0.3, -0.25) is 9.52 Å². The van der Waals surface area contributed by atoms with Crippen molar-refractivity contribution in [2.45, 2.75) is 26.7 Å². The van der Waals surface area contributed by atoms with Gasteiger partial charge in [0, 0.05) is 18.7 Å². The first-order valence-corrected chi connectivity index (χ1v) is 9.03. The summed E-state index contributed by atoms with van der Waals surface area (Å²) in [6, 6.07) is 5.08. The van der Waals surface area contributed by atoms with E-state index in [0.717, 1.165) is 31.3 Å². The van der Waals surface area contributed by atoms with Crippen LogP contribution >= 0.6 is 0 Å². The number of nitrogens with one attached hydrogen (secondary N) is 1. The van der Waals surface area contributed by atoms with Gasteiger partial charge < -0.3 is 4.90 Å². The van der Waals surface area contributed by atoms with Crippen molar-refractivity contribution in [3.05, 3.63) is 29.3 Å². The van der Waals surface area contributed by atoms with Gasteiger partial charge in [-0.05, 0) is 49.4 Å². The van der Waals surface area contributed by atoms with E-state index in [2.05, 4.69) is 11.6 Å². The maximum absolute atomic E-state index is 12.5. The Morgan fingerprint density at radius 1 is 1.38 bits per heavy atom. The molecule has 0 spiro atoms. The number of likely N-dealkylation sites (tertiary alicyclic amines) is 1. The molecule has 21 heavy (non-hydrogen) atoms. The zero-order valence-corrected chi connectivity index (χ0v) is 13.5. The fourth-order valence-electron chi connectivity index (χ4n) is 2.67. The van der Waals surface area contributed by atoms with Crippen LogP contribution in [0, 0.1) is 12.8 Å². The van der Waals surface area contributed by atoms with Gasteiger partial charge >= 0.3 is 0 Å². The van der Waals surface area contributed by atoms with Crippen LogP contribution in [0.1, 0.15) is 35.7 Å². The normalized spacial score (nSPS) is 19.4. The molecule has 1 amide bonds. The van der Waals surface area contributed by atoms with E-state index in [4.69, 9.17) is 0 Å². The number of aryl methyl sites for hydroxylation is 1. The van der Waals surface area contributed by atoms with E-state index in [1.54, 1.807) is 25.1 Å². The number of anilines is 1. The second kappa shape index (κ2) is 6.05. The Morgan fingerprint density at radius 3 is 2.67 bits per heavy atom. The zero-order valence-electron chi connectivity index (χ0n) is 12.7. The van der Waals surface area contributed by atoms with Gasteiger partial charge in [0.25, 0.3) is 5.91 Å². The summed E-state index contributed by atoms with van der Waals surface area (Å²) in [6.45, 7) is 5.54. The lowest BCUT2D eigenvalue weighted by molar-refractivity contribution is 0.0683. The molecule has 2 rings (SSSR count). The van der Waals surface area contributed by atoms with Crippen molar-refractivity contribution in [1.29, 1.82) is 0 Å². The Labute approximate surface area is 126 Å². The number of hydrogen-bond donors (Lipinski definition) is 1. The second-order valence-electron chi connectivity index (χ2n) is 5.90. The summed E-state index contributed by atoms with van der Waals surface area (Å²) in [6.07, 6.45) is 3.32. The highest BCUT2D eigenvalue weighted by Gasteiger charge is 2.22. The van der Waals surface area contributed by atoms with Crippen LogP contribution in [0.5, 0.6) is 0 Å².